The molecule has 7 nitrogen and oxygen atoms in total. The average molecular weight is 421 g/mol. The third-order valence-electron chi connectivity index (χ3n) is 5.13. The summed E-state index contributed by atoms with van der Waals surface area (Å²) in [4.78, 5) is 35.9. The highest BCUT2D eigenvalue weighted by molar-refractivity contribution is 6.03. The Morgan fingerprint density at radius 3 is 2.87 bits per heavy atom. The van der Waals surface area contributed by atoms with E-state index in [4.69, 9.17) is 14.2 Å². The lowest BCUT2D eigenvalue weighted by molar-refractivity contribution is -0.136. The Morgan fingerprint density at radius 2 is 2.06 bits per heavy atom. The van der Waals surface area contributed by atoms with Gasteiger partial charge in [-0.2, -0.15) is 0 Å². The molecule has 0 radical (unpaired) electrons. The van der Waals surface area contributed by atoms with E-state index in [0.717, 1.165) is 23.3 Å². The standard InChI is InChI=1S/C24H23NO6/c1-3-29-21-11-18-8-14(2)31-22(18)10-16(21)5-7-24(28)30-13-20(26)15-4-6-19-17(9-15)12-23(27)25-19/h4-7,9-11,14H,3,8,12-13H2,1-2H3,(H,25,27)/b7-5+/t14-/m0/s1. The molecule has 0 saturated heterocycles. The van der Waals surface area contributed by atoms with Crippen LogP contribution < -0.4 is 14.8 Å². The van der Waals surface area contributed by atoms with Crippen molar-refractivity contribution in [2.24, 2.45) is 0 Å². The fourth-order valence-corrected chi connectivity index (χ4v) is 3.69. The number of ketones is 1. The summed E-state index contributed by atoms with van der Waals surface area (Å²) in [6.07, 6.45) is 4.02. The molecule has 2 aliphatic rings. The fourth-order valence-electron chi connectivity index (χ4n) is 3.69. The Morgan fingerprint density at radius 1 is 1.23 bits per heavy atom. The Labute approximate surface area is 180 Å². The van der Waals surface area contributed by atoms with Crippen LogP contribution in [0, 0.1) is 0 Å². The topological polar surface area (TPSA) is 90.9 Å². The van der Waals surface area contributed by atoms with Gasteiger partial charge in [-0.25, -0.2) is 4.79 Å². The number of carbonyl (C=O) groups is 3. The molecule has 2 aromatic rings. The second-order valence-corrected chi connectivity index (χ2v) is 7.52. The maximum Gasteiger partial charge on any atom is 0.331 e. The van der Waals surface area contributed by atoms with Gasteiger partial charge in [0.25, 0.3) is 0 Å². The van der Waals surface area contributed by atoms with Crippen LogP contribution in [0.2, 0.25) is 0 Å². The lowest BCUT2D eigenvalue weighted by Crippen LogP contribution is -2.12. The van der Waals surface area contributed by atoms with Gasteiger partial charge >= 0.3 is 5.97 Å². The predicted octanol–water partition coefficient (Wildman–Crippen LogP) is 3.34. The number of benzene rings is 2. The second kappa shape index (κ2) is 8.63. The highest BCUT2D eigenvalue weighted by atomic mass is 16.5. The molecule has 0 saturated carbocycles. The maximum atomic E-state index is 12.4. The molecular formula is C24H23NO6. The third-order valence-corrected chi connectivity index (χ3v) is 5.13. The molecule has 0 aromatic heterocycles. The first-order valence-corrected chi connectivity index (χ1v) is 10.2. The zero-order chi connectivity index (χ0) is 22.0. The molecule has 31 heavy (non-hydrogen) atoms. The van der Waals surface area contributed by atoms with Crippen molar-refractivity contribution in [3.63, 3.8) is 0 Å². The van der Waals surface area contributed by atoms with Gasteiger partial charge in [-0.3, -0.25) is 9.59 Å². The normalized spacial score (nSPS) is 16.5. The molecule has 2 aliphatic heterocycles. The smallest absolute Gasteiger partial charge is 0.331 e. The van der Waals surface area contributed by atoms with Crippen LogP contribution in [0.25, 0.3) is 6.08 Å². The third kappa shape index (κ3) is 4.60. The van der Waals surface area contributed by atoms with Crippen molar-refractivity contribution in [3.05, 3.63) is 58.7 Å². The highest BCUT2D eigenvalue weighted by Crippen LogP contribution is 2.35. The summed E-state index contributed by atoms with van der Waals surface area (Å²) in [7, 11) is 0. The molecule has 7 heteroatoms. The minimum atomic E-state index is -0.636. The van der Waals surface area contributed by atoms with E-state index in [1.165, 1.54) is 6.08 Å². The summed E-state index contributed by atoms with van der Waals surface area (Å²) in [5, 5.41) is 2.71. The van der Waals surface area contributed by atoms with Crippen molar-refractivity contribution in [3.8, 4) is 11.5 Å². The minimum absolute atomic E-state index is 0.103. The number of amides is 1. The van der Waals surface area contributed by atoms with Crippen LogP contribution in [-0.4, -0.2) is 37.0 Å². The van der Waals surface area contributed by atoms with Gasteiger partial charge in [-0.1, -0.05) is 0 Å². The summed E-state index contributed by atoms with van der Waals surface area (Å²) in [5.41, 5.74) is 3.65. The lowest BCUT2D eigenvalue weighted by Gasteiger charge is -2.10. The van der Waals surface area contributed by atoms with Gasteiger partial charge in [0.05, 0.1) is 13.0 Å². The van der Waals surface area contributed by atoms with Gasteiger partial charge in [-0.15, -0.1) is 0 Å². The fraction of sp³-hybridized carbons (Fsp3) is 0.292. The largest absolute Gasteiger partial charge is 0.493 e. The SMILES string of the molecule is CCOc1cc2c(cc1/C=C/C(=O)OCC(=O)c1ccc3c(c1)CC(=O)N3)O[C@@H](C)C2. The number of carbonyl (C=O) groups excluding carboxylic acids is 3. The minimum Gasteiger partial charge on any atom is -0.493 e. The van der Waals surface area contributed by atoms with E-state index in [1.807, 2.05) is 26.0 Å². The number of hydrogen-bond donors (Lipinski definition) is 1. The number of nitrogens with one attached hydrogen (secondary N) is 1. The van der Waals surface area contributed by atoms with E-state index in [-0.39, 0.29) is 30.8 Å². The number of Topliss-reactive ketones (excluding diaryl/α,β-unsaturated/α-hetero) is 1. The van der Waals surface area contributed by atoms with Crippen molar-refractivity contribution in [2.45, 2.75) is 32.8 Å². The number of hydrogen-bond acceptors (Lipinski definition) is 6. The molecular weight excluding hydrogens is 398 g/mol. The van der Waals surface area contributed by atoms with Crippen LogP contribution in [0.1, 0.15) is 40.9 Å². The molecule has 2 aromatic carbocycles. The molecule has 4 rings (SSSR count). The van der Waals surface area contributed by atoms with Crippen LogP contribution in [0.3, 0.4) is 0 Å². The van der Waals surface area contributed by atoms with Crippen LogP contribution in [0.15, 0.2) is 36.4 Å². The molecule has 1 N–H and O–H groups in total. The molecule has 160 valence electrons. The number of rotatable bonds is 7. The monoisotopic (exact) mass is 421 g/mol. The number of anilines is 1. The molecule has 0 unspecified atom stereocenters. The average Bonchev–Trinajstić information content (AvgIpc) is 3.29. The second-order valence-electron chi connectivity index (χ2n) is 7.52. The number of esters is 1. The van der Waals surface area contributed by atoms with Crippen molar-refractivity contribution < 1.29 is 28.6 Å². The van der Waals surface area contributed by atoms with Crippen molar-refractivity contribution in [1.29, 1.82) is 0 Å². The number of fused-ring (bicyclic) bond motifs is 2. The summed E-state index contributed by atoms with van der Waals surface area (Å²) in [5.74, 6) is 0.375. The Hall–Kier alpha value is -3.61. The summed E-state index contributed by atoms with van der Waals surface area (Å²) in [6, 6.07) is 8.72. The van der Waals surface area contributed by atoms with Crippen LogP contribution in [-0.2, 0) is 27.2 Å². The predicted molar refractivity (Wildman–Crippen MR) is 115 cm³/mol. The van der Waals surface area contributed by atoms with Crippen molar-refractivity contribution >= 4 is 29.4 Å². The molecule has 0 bridgehead atoms. The van der Waals surface area contributed by atoms with Crippen LogP contribution in [0.5, 0.6) is 11.5 Å². The first-order chi connectivity index (χ1) is 14.9. The molecule has 1 amide bonds. The first-order valence-electron chi connectivity index (χ1n) is 10.2. The highest BCUT2D eigenvalue weighted by Gasteiger charge is 2.22. The van der Waals surface area contributed by atoms with Gasteiger partial charge in [0, 0.05) is 34.9 Å². The zero-order valence-corrected chi connectivity index (χ0v) is 17.4. The van der Waals surface area contributed by atoms with Crippen molar-refractivity contribution in [1.82, 2.24) is 0 Å². The molecule has 0 spiro atoms. The molecule has 0 aliphatic carbocycles. The van der Waals surface area contributed by atoms with Gasteiger partial charge < -0.3 is 19.5 Å². The van der Waals surface area contributed by atoms with Crippen LogP contribution in [0.4, 0.5) is 5.69 Å². The maximum absolute atomic E-state index is 12.4. The van der Waals surface area contributed by atoms with E-state index in [9.17, 15) is 14.4 Å². The Balaban J connectivity index is 1.39. The van der Waals surface area contributed by atoms with E-state index >= 15 is 0 Å². The van der Waals surface area contributed by atoms with Crippen molar-refractivity contribution in [2.75, 3.05) is 18.5 Å². The van der Waals surface area contributed by atoms with E-state index < -0.39 is 5.97 Å². The molecule has 1 atom stereocenters. The van der Waals surface area contributed by atoms with E-state index in [0.29, 0.717) is 29.2 Å². The number of ether oxygens (including phenoxy) is 3. The lowest BCUT2D eigenvalue weighted by atomic mass is 10.1. The van der Waals surface area contributed by atoms with E-state index in [1.54, 1.807) is 24.3 Å². The van der Waals surface area contributed by atoms with Gasteiger partial charge in [-0.05, 0) is 55.8 Å². The zero-order valence-electron chi connectivity index (χ0n) is 17.4. The van der Waals surface area contributed by atoms with Gasteiger partial charge in [0.2, 0.25) is 5.91 Å². The molecule has 2 heterocycles. The quantitative estimate of drug-likeness (QED) is 0.419. The summed E-state index contributed by atoms with van der Waals surface area (Å²) >= 11 is 0. The van der Waals surface area contributed by atoms with Crippen LogP contribution >= 0.6 is 0 Å². The summed E-state index contributed by atoms with van der Waals surface area (Å²) in [6.45, 7) is 4.01. The Bertz CT molecular complexity index is 1090. The van der Waals surface area contributed by atoms with Gasteiger partial charge in [0.15, 0.2) is 12.4 Å². The Kier molecular flexibility index (Phi) is 5.75. The molecule has 0 fully saturated rings. The first kappa shape index (κ1) is 20.7. The summed E-state index contributed by atoms with van der Waals surface area (Å²) < 4.78 is 16.6. The van der Waals surface area contributed by atoms with Gasteiger partial charge in [0.1, 0.15) is 17.6 Å². The van der Waals surface area contributed by atoms with E-state index in [2.05, 4.69) is 5.32 Å².